The zero-order valence-corrected chi connectivity index (χ0v) is 4.32. The van der Waals surface area contributed by atoms with Crippen molar-refractivity contribution in [2.45, 2.75) is 0 Å². The summed E-state index contributed by atoms with van der Waals surface area (Å²) in [5.74, 6) is 0. The molecule has 0 fully saturated rings. The van der Waals surface area contributed by atoms with Gasteiger partial charge in [0.1, 0.15) is 0 Å². The van der Waals surface area contributed by atoms with Crippen LogP contribution in [0, 0.1) is 0 Å². The van der Waals surface area contributed by atoms with Crippen molar-refractivity contribution in [1.82, 2.24) is 0 Å². The third kappa shape index (κ3) is 71.8. The van der Waals surface area contributed by atoms with Crippen LogP contribution in [0.5, 0.6) is 0 Å². The molecule has 0 unspecified atom stereocenters. The summed E-state index contributed by atoms with van der Waals surface area (Å²) in [5.41, 5.74) is 0. The van der Waals surface area contributed by atoms with Gasteiger partial charge in [-0.05, 0) is 0 Å². The van der Waals surface area contributed by atoms with Gasteiger partial charge in [0.25, 0.3) is 0 Å². The fourth-order valence-electron chi connectivity index (χ4n) is 0. The van der Waals surface area contributed by atoms with Crippen molar-refractivity contribution in [3.63, 3.8) is 0 Å². The SMILES string of the molecule is Cl.O=P(O)(O)O.[CaH2].[NaH]. The fraction of sp³-hybridized carbons (Fsp3) is 0. The van der Waals surface area contributed by atoms with Gasteiger partial charge in [-0.2, -0.15) is 0 Å². The molecule has 0 aliphatic heterocycles. The van der Waals surface area contributed by atoms with E-state index >= 15 is 0 Å². The molecule has 0 saturated carbocycles. The summed E-state index contributed by atoms with van der Waals surface area (Å²) in [5, 5.41) is 0. The van der Waals surface area contributed by atoms with Gasteiger partial charge >= 0.3 is 75.1 Å². The summed E-state index contributed by atoms with van der Waals surface area (Å²) in [4.78, 5) is 21.6. The van der Waals surface area contributed by atoms with Crippen molar-refractivity contribution in [1.29, 1.82) is 0 Å². The fourth-order valence-corrected chi connectivity index (χ4v) is 0. The summed E-state index contributed by atoms with van der Waals surface area (Å²) < 4.78 is 8.88. The van der Waals surface area contributed by atoms with Gasteiger partial charge in [-0.25, -0.2) is 4.57 Å². The monoisotopic (exact) mass is 200 g/mol. The number of rotatable bonds is 0. The van der Waals surface area contributed by atoms with Gasteiger partial charge < -0.3 is 14.7 Å². The second-order valence-corrected chi connectivity index (χ2v) is 1.54. The standard InChI is InChI=1S/Ca.ClH.Na.H3O4P.3H/c;;;1-5(2,3)4;;;/h;1H;;(H3,1,2,3,4);;;. The molecule has 0 saturated heterocycles. The molecule has 0 spiro atoms. The summed E-state index contributed by atoms with van der Waals surface area (Å²) >= 11 is 0. The molecule has 0 amide bonds. The Bertz CT molecular complexity index is 62.2. The molecule has 8 heteroatoms. The second kappa shape index (κ2) is 9.66. The number of hydrogen-bond donors (Lipinski definition) is 3. The predicted octanol–water partition coefficient (Wildman–Crippen LogP) is -2.07. The van der Waals surface area contributed by atoms with E-state index in [0.29, 0.717) is 0 Å². The molecular formula is H7CaClNaO4P. The molecule has 0 aromatic heterocycles. The van der Waals surface area contributed by atoms with Crippen LogP contribution in [0.3, 0.4) is 0 Å². The maximum atomic E-state index is 8.88. The molecule has 0 radical (unpaired) electrons. The number of hydrogen-bond acceptors (Lipinski definition) is 1. The van der Waals surface area contributed by atoms with E-state index in [-0.39, 0.29) is 79.7 Å². The summed E-state index contributed by atoms with van der Waals surface area (Å²) in [7, 11) is -4.64. The normalized spacial score (nSPS) is 7.38. The Morgan fingerprint density at radius 3 is 1.12 bits per heavy atom. The quantitative estimate of drug-likeness (QED) is 0.310. The van der Waals surface area contributed by atoms with Crippen LogP contribution in [0.1, 0.15) is 0 Å². The Balaban J connectivity index is -0.0000000267. The van der Waals surface area contributed by atoms with E-state index in [4.69, 9.17) is 19.2 Å². The van der Waals surface area contributed by atoms with Gasteiger partial charge in [0.15, 0.2) is 0 Å². The van der Waals surface area contributed by atoms with E-state index in [1.165, 1.54) is 0 Å². The first-order chi connectivity index (χ1) is 2.00. The molecule has 0 bridgehead atoms. The third-order valence-corrected chi connectivity index (χ3v) is 0. The van der Waals surface area contributed by atoms with Gasteiger partial charge in [-0.1, -0.05) is 0 Å². The number of halogens is 1. The molecule has 0 rings (SSSR count). The summed E-state index contributed by atoms with van der Waals surface area (Å²) in [6.07, 6.45) is 0. The minimum absolute atomic E-state index is 0. The average molecular weight is 201 g/mol. The van der Waals surface area contributed by atoms with Crippen molar-refractivity contribution in [3.8, 4) is 0 Å². The molecule has 4 nitrogen and oxygen atoms in total. The minimum atomic E-state index is -4.64. The van der Waals surface area contributed by atoms with Gasteiger partial charge in [0.05, 0.1) is 0 Å². The average Bonchev–Trinajstić information content (AvgIpc) is 0.722. The van der Waals surface area contributed by atoms with Crippen LogP contribution < -0.4 is 0 Å². The van der Waals surface area contributed by atoms with Crippen molar-refractivity contribution in [2.24, 2.45) is 0 Å². The van der Waals surface area contributed by atoms with Gasteiger partial charge in [0.2, 0.25) is 0 Å². The van der Waals surface area contributed by atoms with E-state index < -0.39 is 7.82 Å². The van der Waals surface area contributed by atoms with Crippen LogP contribution in [0.25, 0.3) is 0 Å². The molecule has 0 aromatic carbocycles. The topological polar surface area (TPSA) is 77.8 Å². The molecule has 3 N–H and O–H groups in total. The summed E-state index contributed by atoms with van der Waals surface area (Å²) in [6, 6.07) is 0. The predicted molar refractivity (Wildman–Crippen MR) is 37.2 cm³/mol. The van der Waals surface area contributed by atoms with E-state index in [1.54, 1.807) is 0 Å². The van der Waals surface area contributed by atoms with Crippen LogP contribution in [0.2, 0.25) is 0 Å². The molecule has 46 valence electrons. The molecule has 0 aromatic rings. The molecule has 0 atom stereocenters. The Morgan fingerprint density at radius 1 is 1.12 bits per heavy atom. The van der Waals surface area contributed by atoms with E-state index in [0.717, 1.165) is 0 Å². The Labute approximate surface area is 105 Å². The van der Waals surface area contributed by atoms with Gasteiger partial charge in [0, 0.05) is 0 Å². The second-order valence-electron chi connectivity index (χ2n) is 0.513. The maximum absolute atomic E-state index is 8.88. The van der Waals surface area contributed by atoms with Crippen molar-refractivity contribution < 1.29 is 19.2 Å². The van der Waals surface area contributed by atoms with Crippen LogP contribution >= 0.6 is 20.2 Å². The first kappa shape index (κ1) is 22.4. The van der Waals surface area contributed by atoms with Crippen LogP contribution in [0.4, 0.5) is 0 Å². The Hall–Kier alpha value is 2.66. The van der Waals surface area contributed by atoms with Gasteiger partial charge in [-0.3, -0.25) is 0 Å². The summed E-state index contributed by atoms with van der Waals surface area (Å²) in [6.45, 7) is 0. The van der Waals surface area contributed by atoms with E-state index in [2.05, 4.69) is 0 Å². The molecule has 8 heavy (non-hydrogen) atoms. The van der Waals surface area contributed by atoms with Crippen LogP contribution in [0.15, 0.2) is 0 Å². The van der Waals surface area contributed by atoms with Crippen molar-refractivity contribution >= 4 is 87.5 Å². The first-order valence-corrected chi connectivity index (χ1v) is 2.35. The first-order valence-electron chi connectivity index (χ1n) is 0.783. The van der Waals surface area contributed by atoms with Crippen molar-refractivity contribution in [2.75, 3.05) is 0 Å². The Kier molecular flexibility index (Phi) is 27.1. The van der Waals surface area contributed by atoms with E-state index in [1.807, 2.05) is 0 Å². The van der Waals surface area contributed by atoms with Crippen LogP contribution in [-0.4, -0.2) is 82.0 Å². The molecule has 0 heterocycles. The molecular weight excluding hydrogens is 193 g/mol. The Morgan fingerprint density at radius 2 is 1.12 bits per heavy atom. The number of phosphoric acid groups is 1. The molecule has 0 aliphatic carbocycles. The van der Waals surface area contributed by atoms with Crippen molar-refractivity contribution in [3.05, 3.63) is 0 Å². The zero-order chi connectivity index (χ0) is 4.50. The molecule has 0 aliphatic rings. The van der Waals surface area contributed by atoms with Crippen LogP contribution in [-0.2, 0) is 4.57 Å². The van der Waals surface area contributed by atoms with E-state index in [9.17, 15) is 0 Å². The zero-order valence-electron chi connectivity index (χ0n) is 2.61. The third-order valence-electron chi connectivity index (χ3n) is 0. The van der Waals surface area contributed by atoms with Gasteiger partial charge in [-0.15, -0.1) is 12.4 Å².